The van der Waals surface area contributed by atoms with Crippen LogP contribution in [0.15, 0.2) is 49.6 Å². The molecule has 0 aliphatic rings. The van der Waals surface area contributed by atoms with Crippen molar-refractivity contribution in [3.8, 4) is 0 Å². The van der Waals surface area contributed by atoms with Crippen LogP contribution in [0.2, 0.25) is 0 Å². The van der Waals surface area contributed by atoms with Gasteiger partial charge in [-0.1, -0.05) is 31.4 Å². The summed E-state index contributed by atoms with van der Waals surface area (Å²) in [4.78, 5) is 27.8. The molecule has 0 rings (SSSR count). The third-order valence-electron chi connectivity index (χ3n) is 1.10. The van der Waals surface area contributed by atoms with Crippen LogP contribution in [0, 0.1) is 0 Å². The third kappa shape index (κ3) is 110. The van der Waals surface area contributed by atoms with Crippen LogP contribution < -0.4 is 0 Å². The average Bonchev–Trinajstić information content (AvgIpc) is 2.40. The zero-order valence-electron chi connectivity index (χ0n) is 12.0. The molecule has 0 aromatic carbocycles. The Bertz CT molecular complexity index is 306. The predicted octanol–water partition coefficient (Wildman–Crippen LogP) is 2.74. The standard InChI is InChI=1S/C5H10.3C3H4O2/c1-4-5(2)3;3*1-2-3(4)5/h4H,1-3H3;3*2H,1H2,(H,4,5). The molecule has 0 saturated heterocycles. The molecular formula is C14H22O6. The second-order valence-corrected chi connectivity index (χ2v) is 2.99. The number of allylic oxidation sites excluding steroid dienone is 2. The van der Waals surface area contributed by atoms with E-state index in [0.717, 1.165) is 18.2 Å². The predicted molar refractivity (Wildman–Crippen MR) is 78.6 cm³/mol. The number of carbonyl (C=O) groups is 3. The molecule has 0 aromatic heterocycles. The van der Waals surface area contributed by atoms with E-state index in [2.05, 4.69) is 39.7 Å². The molecule has 6 heteroatoms. The second kappa shape index (κ2) is 21.6. The molecule has 0 fully saturated rings. The Morgan fingerprint density at radius 1 is 0.750 bits per heavy atom. The van der Waals surface area contributed by atoms with Crippen LogP contribution in [0.4, 0.5) is 0 Å². The SMILES string of the molecule is C=CC(=O)O.C=CC(=O)O.C=CC(=O)O.CC=C(C)C. The van der Waals surface area contributed by atoms with Crippen molar-refractivity contribution < 1.29 is 29.7 Å². The van der Waals surface area contributed by atoms with E-state index in [1.54, 1.807) is 0 Å². The van der Waals surface area contributed by atoms with Gasteiger partial charge in [-0.15, -0.1) is 0 Å². The second-order valence-electron chi connectivity index (χ2n) is 2.99. The summed E-state index contributed by atoms with van der Waals surface area (Å²) in [5.74, 6) is -2.94. The average molecular weight is 286 g/mol. The summed E-state index contributed by atoms with van der Waals surface area (Å²) >= 11 is 0. The van der Waals surface area contributed by atoms with Crippen LogP contribution in [-0.4, -0.2) is 33.2 Å². The van der Waals surface area contributed by atoms with Gasteiger partial charge in [0, 0.05) is 18.2 Å². The lowest BCUT2D eigenvalue weighted by Gasteiger charge is -1.74. The highest BCUT2D eigenvalue weighted by Crippen LogP contribution is 1.82. The van der Waals surface area contributed by atoms with Crippen LogP contribution in [0.3, 0.4) is 0 Å². The first-order chi connectivity index (χ1) is 9.08. The summed E-state index contributed by atoms with van der Waals surface area (Å²) in [5.41, 5.74) is 1.38. The van der Waals surface area contributed by atoms with Gasteiger partial charge in [-0.25, -0.2) is 14.4 Å². The molecule has 3 N–H and O–H groups in total. The number of rotatable bonds is 3. The number of aliphatic carboxylic acids is 3. The minimum absolute atomic E-state index is 0.833. The Labute approximate surface area is 119 Å². The van der Waals surface area contributed by atoms with Gasteiger partial charge < -0.3 is 15.3 Å². The topological polar surface area (TPSA) is 112 Å². The first-order valence-corrected chi connectivity index (χ1v) is 5.24. The van der Waals surface area contributed by atoms with Crippen molar-refractivity contribution in [3.05, 3.63) is 49.6 Å². The van der Waals surface area contributed by atoms with Crippen molar-refractivity contribution in [1.29, 1.82) is 0 Å². The molecule has 0 aliphatic heterocycles. The third-order valence-corrected chi connectivity index (χ3v) is 1.10. The van der Waals surface area contributed by atoms with E-state index in [1.807, 2.05) is 6.92 Å². The van der Waals surface area contributed by atoms with E-state index in [4.69, 9.17) is 15.3 Å². The summed E-state index contributed by atoms with van der Waals surface area (Å²) in [7, 11) is 0. The highest BCUT2D eigenvalue weighted by Gasteiger charge is 1.74. The molecular weight excluding hydrogens is 264 g/mol. The molecule has 0 spiro atoms. The van der Waals surface area contributed by atoms with E-state index >= 15 is 0 Å². The Balaban J connectivity index is -0.0000000853. The fraction of sp³-hybridized carbons (Fsp3) is 0.214. The van der Waals surface area contributed by atoms with Gasteiger partial charge in [-0.3, -0.25) is 0 Å². The normalized spacial score (nSPS) is 6.55. The van der Waals surface area contributed by atoms with Crippen molar-refractivity contribution in [2.24, 2.45) is 0 Å². The highest BCUT2D eigenvalue weighted by molar-refractivity contribution is 5.79. The lowest BCUT2D eigenvalue weighted by atomic mass is 10.3. The largest absolute Gasteiger partial charge is 0.478 e. The molecule has 0 amide bonds. The van der Waals surface area contributed by atoms with Gasteiger partial charge in [0.15, 0.2) is 0 Å². The highest BCUT2D eigenvalue weighted by atomic mass is 16.4. The van der Waals surface area contributed by atoms with Gasteiger partial charge in [-0.2, -0.15) is 0 Å². The van der Waals surface area contributed by atoms with E-state index in [1.165, 1.54) is 5.57 Å². The number of carboxylic acid groups (broad SMARTS) is 3. The fourth-order valence-corrected chi connectivity index (χ4v) is 0. The molecule has 0 saturated carbocycles. The number of hydrogen-bond donors (Lipinski definition) is 3. The monoisotopic (exact) mass is 286 g/mol. The molecule has 0 aromatic rings. The van der Waals surface area contributed by atoms with Gasteiger partial charge in [0.25, 0.3) is 0 Å². The summed E-state index contributed by atoms with van der Waals surface area (Å²) in [6.07, 6.45) is 4.58. The van der Waals surface area contributed by atoms with Crippen molar-refractivity contribution in [1.82, 2.24) is 0 Å². The maximum absolute atomic E-state index is 9.25. The summed E-state index contributed by atoms with van der Waals surface area (Å²) in [6.45, 7) is 15.1. The molecule has 0 unspecified atom stereocenters. The molecule has 0 radical (unpaired) electrons. The lowest BCUT2D eigenvalue weighted by molar-refractivity contribution is -0.132. The van der Waals surface area contributed by atoms with Gasteiger partial charge >= 0.3 is 17.9 Å². The van der Waals surface area contributed by atoms with Gasteiger partial charge in [-0.05, 0) is 20.8 Å². The van der Waals surface area contributed by atoms with E-state index in [9.17, 15) is 14.4 Å². The molecule has 20 heavy (non-hydrogen) atoms. The van der Waals surface area contributed by atoms with E-state index in [0.29, 0.717) is 0 Å². The molecule has 114 valence electrons. The summed E-state index contributed by atoms with van der Waals surface area (Å²) < 4.78 is 0. The van der Waals surface area contributed by atoms with Crippen LogP contribution in [0.25, 0.3) is 0 Å². The first kappa shape index (κ1) is 26.0. The van der Waals surface area contributed by atoms with E-state index in [-0.39, 0.29) is 0 Å². The summed E-state index contributed by atoms with van der Waals surface area (Å²) in [5, 5.41) is 22.8. The number of carboxylic acids is 3. The minimum atomic E-state index is -0.981. The van der Waals surface area contributed by atoms with Crippen LogP contribution in [0.1, 0.15) is 20.8 Å². The number of hydrogen-bond acceptors (Lipinski definition) is 3. The lowest BCUT2D eigenvalue weighted by Crippen LogP contribution is -1.82. The first-order valence-electron chi connectivity index (χ1n) is 5.24. The smallest absolute Gasteiger partial charge is 0.327 e. The Morgan fingerprint density at radius 2 is 0.850 bits per heavy atom. The van der Waals surface area contributed by atoms with Crippen LogP contribution >= 0.6 is 0 Å². The zero-order valence-corrected chi connectivity index (χ0v) is 12.0. The molecule has 0 bridgehead atoms. The summed E-state index contributed by atoms with van der Waals surface area (Å²) in [6, 6.07) is 0. The molecule has 0 aliphatic carbocycles. The molecule has 6 nitrogen and oxygen atoms in total. The minimum Gasteiger partial charge on any atom is -0.478 e. The van der Waals surface area contributed by atoms with Crippen molar-refractivity contribution in [3.63, 3.8) is 0 Å². The van der Waals surface area contributed by atoms with Crippen molar-refractivity contribution >= 4 is 17.9 Å². The van der Waals surface area contributed by atoms with E-state index < -0.39 is 17.9 Å². The molecule has 0 atom stereocenters. The van der Waals surface area contributed by atoms with Crippen LogP contribution in [0.5, 0.6) is 0 Å². The molecule has 0 heterocycles. The zero-order chi connectivity index (χ0) is 17.1. The van der Waals surface area contributed by atoms with Gasteiger partial charge in [0.2, 0.25) is 0 Å². The fourth-order valence-electron chi connectivity index (χ4n) is 0. The van der Waals surface area contributed by atoms with Gasteiger partial charge in [0.1, 0.15) is 0 Å². The maximum atomic E-state index is 9.25. The Morgan fingerprint density at radius 3 is 0.850 bits per heavy atom. The Hall–Kier alpha value is -2.63. The quantitative estimate of drug-likeness (QED) is 0.543. The van der Waals surface area contributed by atoms with Crippen molar-refractivity contribution in [2.45, 2.75) is 20.8 Å². The van der Waals surface area contributed by atoms with Crippen LogP contribution in [-0.2, 0) is 14.4 Å². The van der Waals surface area contributed by atoms with Gasteiger partial charge in [0.05, 0.1) is 0 Å². The maximum Gasteiger partial charge on any atom is 0.327 e. The van der Waals surface area contributed by atoms with Crippen molar-refractivity contribution in [2.75, 3.05) is 0 Å². The Kier molecular flexibility index (Phi) is 28.2.